The minimum Gasteiger partial charge on any atom is -0.494 e. The molecule has 3 aliphatic heterocycles. The molecule has 0 saturated carbocycles. The highest BCUT2D eigenvalue weighted by molar-refractivity contribution is 7.16. The number of aliphatic hydroxyl groups is 1. The van der Waals surface area contributed by atoms with Crippen molar-refractivity contribution in [1.82, 2.24) is 9.55 Å². The normalized spacial score (nSPS) is 24.1. The molecule has 0 aliphatic carbocycles. The molecule has 1 fully saturated rings. The number of ether oxygens (including phenoxy) is 4. The molecular formula is C24H20N2O7S. The van der Waals surface area contributed by atoms with Crippen LogP contribution in [0, 0.1) is 0 Å². The predicted octanol–water partition coefficient (Wildman–Crippen LogP) is 3.73. The topological polar surface area (TPSA) is 115 Å². The monoisotopic (exact) mass is 480 g/mol. The minimum atomic E-state index is -0.961. The van der Waals surface area contributed by atoms with E-state index in [1.807, 2.05) is 12.1 Å². The van der Waals surface area contributed by atoms with Gasteiger partial charge in [-0.15, -0.1) is 11.3 Å². The molecule has 10 heteroatoms. The molecular weight excluding hydrogens is 460 g/mol. The zero-order chi connectivity index (χ0) is 23.0. The number of benzene rings is 2. The van der Waals surface area contributed by atoms with E-state index in [1.54, 1.807) is 29.8 Å². The summed E-state index contributed by atoms with van der Waals surface area (Å²) in [5.41, 5.74) is 3.20. The van der Waals surface area contributed by atoms with Crippen molar-refractivity contribution in [1.29, 1.82) is 0 Å². The van der Waals surface area contributed by atoms with Gasteiger partial charge in [-0.2, -0.15) is 0 Å². The Morgan fingerprint density at radius 2 is 2.00 bits per heavy atom. The van der Waals surface area contributed by atoms with Crippen LogP contribution in [0.5, 0.6) is 29.0 Å². The number of aromatic hydroxyl groups is 2. The second kappa shape index (κ2) is 7.02. The Bertz CT molecular complexity index is 1450. The molecule has 34 heavy (non-hydrogen) atoms. The van der Waals surface area contributed by atoms with Crippen molar-refractivity contribution in [3.8, 4) is 34.7 Å². The molecule has 2 bridgehead atoms. The zero-order valence-electron chi connectivity index (χ0n) is 17.8. The zero-order valence-corrected chi connectivity index (χ0v) is 18.6. The van der Waals surface area contributed by atoms with Crippen LogP contribution in [-0.4, -0.2) is 44.4 Å². The van der Waals surface area contributed by atoms with Gasteiger partial charge in [0.25, 0.3) is 0 Å². The summed E-state index contributed by atoms with van der Waals surface area (Å²) in [6.07, 6.45) is -0.810. The predicted molar refractivity (Wildman–Crippen MR) is 121 cm³/mol. The lowest BCUT2D eigenvalue weighted by molar-refractivity contribution is -0.0455. The summed E-state index contributed by atoms with van der Waals surface area (Å²) < 4.78 is 25.2. The van der Waals surface area contributed by atoms with Gasteiger partial charge < -0.3 is 34.3 Å². The molecule has 9 nitrogen and oxygen atoms in total. The van der Waals surface area contributed by atoms with Crippen LogP contribution >= 0.6 is 11.3 Å². The Balaban J connectivity index is 1.22. The fraction of sp³-hybridized carbons (Fsp3) is 0.292. The van der Waals surface area contributed by atoms with Crippen molar-refractivity contribution in [2.45, 2.75) is 30.7 Å². The largest absolute Gasteiger partial charge is 0.494 e. The van der Waals surface area contributed by atoms with Crippen molar-refractivity contribution in [2.24, 2.45) is 0 Å². The van der Waals surface area contributed by atoms with E-state index < -0.39 is 17.8 Å². The smallest absolute Gasteiger partial charge is 0.231 e. The van der Waals surface area contributed by atoms with Gasteiger partial charge in [-0.1, -0.05) is 0 Å². The van der Waals surface area contributed by atoms with Gasteiger partial charge >= 0.3 is 0 Å². The first kappa shape index (κ1) is 20.0. The average molecular weight is 480 g/mol. The van der Waals surface area contributed by atoms with E-state index >= 15 is 0 Å². The van der Waals surface area contributed by atoms with Crippen LogP contribution in [0.1, 0.15) is 30.1 Å². The van der Waals surface area contributed by atoms with Gasteiger partial charge in [-0.05, 0) is 30.3 Å². The number of aromatic nitrogens is 2. The van der Waals surface area contributed by atoms with Crippen LogP contribution in [0.3, 0.4) is 0 Å². The van der Waals surface area contributed by atoms with Crippen LogP contribution in [0.15, 0.2) is 41.9 Å². The molecule has 5 heterocycles. The Morgan fingerprint density at radius 3 is 2.91 bits per heavy atom. The summed E-state index contributed by atoms with van der Waals surface area (Å²) >= 11 is 1.48. The molecule has 0 unspecified atom stereocenters. The van der Waals surface area contributed by atoms with Crippen LogP contribution in [-0.2, 0) is 10.3 Å². The van der Waals surface area contributed by atoms with Crippen molar-refractivity contribution < 1.29 is 34.3 Å². The highest BCUT2D eigenvalue weighted by Gasteiger charge is 2.59. The number of thiazole rings is 1. The van der Waals surface area contributed by atoms with E-state index in [0.29, 0.717) is 46.9 Å². The van der Waals surface area contributed by atoms with E-state index in [4.69, 9.17) is 18.9 Å². The molecule has 2 aromatic carbocycles. The molecule has 174 valence electrons. The van der Waals surface area contributed by atoms with Crippen molar-refractivity contribution >= 4 is 21.6 Å². The van der Waals surface area contributed by atoms with Gasteiger partial charge in [-0.25, -0.2) is 4.98 Å². The van der Waals surface area contributed by atoms with E-state index in [2.05, 4.69) is 4.98 Å². The molecule has 0 radical (unpaired) electrons. The van der Waals surface area contributed by atoms with Crippen molar-refractivity contribution in [3.63, 3.8) is 0 Å². The molecule has 4 aromatic rings. The lowest BCUT2D eigenvalue weighted by atomic mass is 9.81. The maximum absolute atomic E-state index is 11.3. The second-order valence-electron chi connectivity index (χ2n) is 8.69. The third kappa shape index (κ3) is 2.70. The molecule has 7 rings (SSSR count). The first-order valence-corrected chi connectivity index (χ1v) is 11.8. The lowest BCUT2D eigenvalue weighted by Gasteiger charge is -2.26. The standard InChI is InChI=1S/C24H20N2O7S/c27-15-9-24(5-6-30-13-2-4-16-17(8-13)32-11-31-16)20-19(21(15)33-24)22(28)26(23(20)29)12-1-3-14-18(7-12)34-10-25-14/h1-4,7-8,10,15,21,27-29H,5-6,9,11H2/t15-,21-,24+/m0/s1. The lowest BCUT2D eigenvalue weighted by Crippen LogP contribution is -2.28. The Kier molecular flexibility index (Phi) is 4.12. The Morgan fingerprint density at radius 1 is 1.12 bits per heavy atom. The summed E-state index contributed by atoms with van der Waals surface area (Å²) in [4.78, 5) is 4.28. The number of fused-ring (bicyclic) bond motifs is 7. The molecule has 3 atom stereocenters. The van der Waals surface area contributed by atoms with Crippen molar-refractivity contribution in [2.75, 3.05) is 13.4 Å². The van der Waals surface area contributed by atoms with Gasteiger partial charge in [0.05, 0.1) is 45.3 Å². The van der Waals surface area contributed by atoms with Gasteiger partial charge in [0.15, 0.2) is 11.5 Å². The molecule has 0 amide bonds. The number of aliphatic hydroxyl groups excluding tert-OH is 1. The number of rotatable bonds is 5. The van der Waals surface area contributed by atoms with Crippen LogP contribution in [0.25, 0.3) is 15.9 Å². The van der Waals surface area contributed by atoms with Gasteiger partial charge in [0.1, 0.15) is 17.5 Å². The highest BCUT2D eigenvalue weighted by atomic mass is 32.1. The number of nitrogens with zero attached hydrogens (tertiary/aromatic N) is 2. The second-order valence-corrected chi connectivity index (χ2v) is 9.58. The maximum Gasteiger partial charge on any atom is 0.231 e. The summed E-state index contributed by atoms with van der Waals surface area (Å²) in [6.45, 7) is 0.463. The molecule has 3 aliphatic rings. The van der Waals surface area contributed by atoms with Gasteiger partial charge in [0.2, 0.25) is 18.6 Å². The summed E-state index contributed by atoms with van der Waals surface area (Å²) in [7, 11) is 0. The van der Waals surface area contributed by atoms with Gasteiger partial charge in [-0.3, -0.25) is 4.57 Å². The van der Waals surface area contributed by atoms with E-state index in [-0.39, 0.29) is 25.2 Å². The Hall–Kier alpha value is -3.47. The quantitative estimate of drug-likeness (QED) is 0.396. The molecule has 2 aromatic heterocycles. The number of hydrogen-bond donors (Lipinski definition) is 3. The fourth-order valence-electron chi connectivity index (χ4n) is 5.32. The highest BCUT2D eigenvalue weighted by Crippen LogP contribution is 2.63. The van der Waals surface area contributed by atoms with Crippen LogP contribution in [0.4, 0.5) is 0 Å². The fourth-order valence-corrected chi connectivity index (χ4v) is 6.03. The third-order valence-corrected chi connectivity index (χ3v) is 7.62. The molecule has 0 spiro atoms. The van der Waals surface area contributed by atoms with E-state index in [1.165, 1.54) is 15.9 Å². The summed E-state index contributed by atoms with van der Waals surface area (Å²) in [5.74, 6) is 1.71. The van der Waals surface area contributed by atoms with Gasteiger partial charge in [0, 0.05) is 18.9 Å². The SMILES string of the molecule is Oc1c2c(c(O)n1-c1ccc3ncsc3c1)[C@@]1(CCOc3ccc4c(c3)OCO4)C[C@H](O)[C@@H]2O1. The van der Waals surface area contributed by atoms with E-state index in [0.717, 1.165) is 10.2 Å². The first-order chi connectivity index (χ1) is 16.5. The van der Waals surface area contributed by atoms with Crippen LogP contribution < -0.4 is 14.2 Å². The average Bonchev–Trinajstić information content (AvgIpc) is 3.62. The number of hydrogen-bond acceptors (Lipinski definition) is 9. The van der Waals surface area contributed by atoms with Crippen molar-refractivity contribution in [3.05, 3.63) is 53.0 Å². The first-order valence-electron chi connectivity index (χ1n) is 10.9. The Labute approximate surface area is 197 Å². The summed E-state index contributed by atoms with van der Waals surface area (Å²) in [5, 5.41) is 33.0. The molecule has 1 saturated heterocycles. The minimum absolute atomic E-state index is 0.0890. The maximum atomic E-state index is 11.3. The van der Waals surface area contributed by atoms with Crippen LogP contribution in [0.2, 0.25) is 0 Å². The third-order valence-electron chi connectivity index (χ3n) is 6.83. The summed E-state index contributed by atoms with van der Waals surface area (Å²) in [6, 6.07) is 10.9. The molecule has 3 N–H and O–H groups in total. The van der Waals surface area contributed by atoms with E-state index in [9.17, 15) is 15.3 Å².